The van der Waals surface area contributed by atoms with Gasteiger partial charge in [-0.25, -0.2) is 0 Å². The molecule has 0 unspecified atom stereocenters. The second kappa shape index (κ2) is 6.52. The van der Waals surface area contributed by atoms with E-state index in [-0.39, 0.29) is 12.0 Å². The number of nitrogens with zero attached hydrogens (tertiary/aromatic N) is 1. The van der Waals surface area contributed by atoms with Gasteiger partial charge in [0.1, 0.15) is 6.04 Å². The molecule has 0 spiro atoms. The molecular weight excluding hydrogens is 341 g/mol. The number of ether oxygens (including phenoxy) is 1. The minimum absolute atomic E-state index is 0.0763. The molecule has 98 valence electrons. The zero-order chi connectivity index (χ0) is 13.0. The number of esters is 1. The lowest BCUT2D eigenvalue weighted by Crippen LogP contribution is -2.36. The summed E-state index contributed by atoms with van der Waals surface area (Å²) in [6.45, 7) is 4.10. The van der Waals surface area contributed by atoms with Gasteiger partial charge in [-0.15, -0.1) is 0 Å². The van der Waals surface area contributed by atoms with Crippen molar-refractivity contribution in [2.75, 3.05) is 13.2 Å². The molecule has 1 aliphatic rings. The summed E-state index contributed by atoms with van der Waals surface area (Å²) >= 11 is 2.42. The van der Waals surface area contributed by atoms with Gasteiger partial charge in [0.05, 0.1) is 6.61 Å². The van der Waals surface area contributed by atoms with Crippen LogP contribution in [0.1, 0.15) is 18.9 Å². The second-order valence-electron chi connectivity index (χ2n) is 4.52. The zero-order valence-corrected chi connectivity index (χ0v) is 12.7. The Morgan fingerprint density at radius 2 is 2.17 bits per heavy atom. The Morgan fingerprint density at radius 3 is 2.83 bits per heavy atom. The van der Waals surface area contributed by atoms with E-state index in [1.165, 1.54) is 5.56 Å². The fraction of sp³-hybridized carbons (Fsp3) is 0.500. The lowest BCUT2D eigenvalue weighted by molar-refractivity contribution is -0.148. The van der Waals surface area contributed by atoms with Gasteiger partial charge in [-0.05, 0) is 18.9 Å². The third-order valence-corrected chi connectivity index (χ3v) is 4.04. The highest BCUT2D eigenvalue weighted by Crippen LogP contribution is 2.26. The highest BCUT2D eigenvalue weighted by Gasteiger charge is 2.36. The number of hydrogen-bond donors (Lipinski definition) is 0. The number of halogens is 1. The van der Waals surface area contributed by atoms with Gasteiger partial charge in [-0.2, -0.15) is 0 Å². The molecule has 2 rings (SSSR count). The van der Waals surface area contributed by atoms with Crippen molar-refractivity contribution in [2.24, 2.45) is 0 Å². The van der Waals surface area contributed by atoms with Crippen LogP contribution in [0.4, 0.5) is 0 Å². The van der Waals surface area contributed by atoms with Gasteiger partial charge in [0.2, 0.25) is 0 Å². The molecule has 0 aliphatic carbocycles. The van der Waals surface area contributed by atoms with Crippen molar-refractivity contribution in [3.05, 3.63) is 35.9 Å². The maximum absolute atomic E-state index is 11.9. The minimum Gasteiger partial charge on any atom is -0.465 e. The molecule has 1 aromatic carbocycles. The van der Waals surface area contributed by atoms with E-state index in [1.807, 2.05) is 25.1 Å². The largest absolute Gasteiger partial charge is 0.465 e. The number of rotatable bonds is 4. The molecule has 0 N–H and O–H groups in total. The third-order valence-electron chi connectivity index (χ3n) is 3.14. The van der Waals surface area contributed by atoms with Gasteiger partial charge in [-0.3, -0.25) is 9.69 Å². The van der Waals surface area contributed by atoms with E-state index in [4.69, 9.17) is 4.74 Å². The fourth-order valence-corrected chi connectivity index (χ4v) is 3.31. The maximum Gasteiger partial charge on any atom is 0.323 e. The Hall–Kier alpha value is -0.620. The van der Waals surface area contributed by atoms with E-state index in [0.29, 0.717) is 10.5 Å². The van der Waals surface area contributed by atoms with Crippen LogP contribution in [-0.2, 0) is 16.1 Å². The van der Waals surface area contributed by atoms with Gasteiger partial charge >= 0.3 is 5.97 Å². The Balaban J connectivity index is 2.03. The summed E-state index contributed by atoms with van der Waals surface area (Å²) in [5.74, 6) is -0.0763. The summed E-state index contributed by atoms with van der Waals surface area (Å²) in [6, 6.07) is 10.2. The monoisotopic (exact) mass is 359 g/mol. The number of hydrogen-bond acceptors (Lipinski definition) is 3. The van der Waals surface area contributed by atoms with Crippen molar-refractivity contribution in [1.82, 2.24) is 4.90 Å². The third kappa shape index (κ3) is 3.45. The predicted octanol–water partition coefficient (Wildman–Crippen LogP) is 2.63. The van der Waals surface area contributed by atoms with Crippen LogP contribution in [0, 0.1) is 0 Å². The molecule has 1 saturated heterocycles. The first-order valence-electron chi connectivity index (χ1n) is 6.29. The molecule has 0 saturated carbocycles. The Labute approximate surface area is 122 Å². The van der Waals surface area contributed by atoms with E-state index in [9.17, 15) is 4.79 Å². The van der Waals surface area contributed by atoms with Crippen molar-refractivity contribution < 1.29 is 9.53 Å². The summed E-state index contributed by atoms with van der Waals surface area (Å²) in [7, 11) is 0. The number of likely N-dealkylation sites (tertiary alicyclic amines) is 1. The van der Waals surface area contributed by atoms with E-state index in [1.54, 1.807) is 0 Å². The van der Waals surface area contributed by atoms with Gasteiger partial charge in [0, 0.05) is 17.0 Å². The minimum atomic E-state index is -0.0768. The molecule has 0 radical (unpaired) electrons. The number of carbonyl (C=O) groups excluding carboxylic acids is 1. The van der Waals surface area contributed by atoms with Crippen LogP contribution < -0.4 is 0 Å². The summed E-state index contributed by atoms with van der Waals surface area (Å²) in [5, 5.41) is 0. The van der Waals surface area contributed by atoms with Crippen LogP contribution in [0.3, 0.4) is 0 Å². The lowest BCUT2D eigenvalue weighted by Gasteiger charge is -2.22. The topological polar surface area (TPSA) is 29.5 Å². The van der Waals surface area contributed by atoms with E-state index in [2.05, 4.69) is 39.6 Å². The molecule has 4 heteroatoms. The van der Waals surface area contributed by atoms with Crippen molar-refractivity contribution in [3.63, 3.8) is 0 Å². The standard InChI is InChI=1S/C14H18INO2/c1-2-18-14(17)13-8-12(15)10-16(13)9-11-6-4-3-5-7-11/h3-7,12-13H,2,8-10H2,1H3/t12-,13-/m0/s1. The van der Waals surface area contributed by atoms with Gasteiger partial charge in [0.15, 0.2) is 0 Å². The molecule has 18 heavy (non-hydrogen) atoms. The first-order chi connectivity index (χ1) is 8.70. The van der Waals surface area contributed by atoms with Crippen molar-refractivity contribution in [2.45, 2.75) is 29.9 Å². The molecule has 2 atom stereocenters. The molecule has 1 fully saturated rings. The average molecular weight is 359 g/mol. The van der Waals surface area contributed by atoms with Crippen molar-refractivity contribution >= 4 is 28.6 Å². The van der Waals surface area contributed by atoms with Gasteiger partial charge in [-0.1, -0.05) is 52.9 Å². The Kier molecular flexibility index (Phi) is 5.00. The number of alkyl halides is 1. The highest BCUT2D eigenvalue weighted by molar-refractivity contribution is 14.1. The van der Waals surface area contributed by atoms with Crippen LogP contribution in [0.5, 0.6) is 0 Å². The Bertz CT molecular complexity index is 396. The SMILES string of the molecule is CCOC(=O)[C@@H]1C[C@H](I)CN1Cc1ccccc1. The number of carbonyl (C=O) groups is 1. The molecule has 0 bridgehead atoms. The van der Waals surface area contributed by atoms with E-state index < -0.39 is 0 Å². The summed E-state index contributed by atoms with van der Waals surface area (Å²) < 4.78 is 5.69. The first-order valence-corrected chi connectivity index (χ1v) is 7.54. The highest BCUT2D eigenvalue weighted by atomic mass is 127. The fourth-order valence-electron chi connectivity index (χ4n) is 2.32. The molecular formula is C14H18INO2. The molecule has 1 aromatic rings. The number of benzene rings is 1. The second-order valence-corrected chi connectivity index (χ2v) is 6.28. The summed E-state index contributed by atoms with van der Waals surface area (Å²) in [4.78, 5) is 14.2. The first kappa shape index (κ1) is 13.8. The van der Waals surface area contributed by atoms with Crippen LogP contribution in [-0.4, -0.2) is 34.0 Å². The van der Waals surface area contributed by atoms with Crippen molar-refractivity contribution in [1.29, 1.82) is 0 Å². The van der Waals surface area contributed by atoms with E-state index >= 15 is 0 Å². The quantitative estimate of drug-likeness (QED) is 0.470. The summed E-state index contributed by atoms with van der Waals surface area (Å²) in [6.07, 6.45) is 0.895. The van der Waals surface area contributed by atoms with Crippen LogP contribution in [0.2, 0.25) is 0 Å². The molecule has 3 nitrogen and oxygen atoms in total. The smallest absolute Gasteiger partial charge is 0.323 e. The molecule has 0 aromatic heterocycles. The predicted molar refractivity (Wildman–Crippen MR) is 79.7 cm³/mol. The van der Waals surface area contributed by atoms with Crippen molar-refractivity contribution in [3.8, 4) is 0 Å². The zero-order valence-electron chi connectivity index (χ0n) is 10.5. The average Bonchev–Trinajstić information content (AvgIpc) is 2.72. The van der Waals surface area contributed by atoms with E-state index in [0.717, 1.165) is 19.5 Å². The lowest BCUT2D eigenvalue weighted by atomic mass is 10.2. The van der Waals surface area contributed by atoms with Crippen LogP contribution >= 0.6 is 22.6 Å². The van der Waals surface area contributed by atoms with Crippen LogP contribution in [0.25, 0.3) is 0 Å². The maximum atomic E-state index is 11.9. The van der Waals surface area contributed by atoms with Gasteiger partial charge in [0.25, 0.3) is 0 Å². The normalized spacial score (nSPS) is 24.1. The van der Waals surface area contributed by atoms with Crippen LogP contribution in [0.15, 0.2) is 30.3 Å². The molecule has 1 aliphatic heterocycles. The molecule has 0 amide bonds. The Morgan fingerprint density at radius 1 is 1.44 bits per heavy atom. The molecule has 1 heterocycles. The summed E-state index contributed by atoms with van der Waals surface area (Å²) in [5.41, 5.74) is 1.25. The van der Waals surface area contributed by atoms with Gasteiger partial charge < -0.3 is 4.74 Å².